The van der Waals surface area contributed by atoms with E-state index in [0.717, 1.165) is 48.1 Å². The molecule has 3 aromatic carbocycles. The van der Waals surface area contributed by atoms with Crippen LogP contribution < -0.4 is 14.2 Å². The lowest BCUT2D eigenvalue weighted by molar-refractivity contribution is -0.130. The summed E-state index contributed by atoms with van der Waals surface area (Å²) in [5, 5.41) is 0. The number of aryl methyl sites for hydroxylation is 2. The Morgan fingerprint density at radius 2 is 1.34 bits per heavy atom. The van der Waals surface area contributed by atoms with Gasteiger partial charge in [0.05, 0.1) is 7.11 Å². The molecule has 0 aromatic heterocycles. The van der Waals surface area contributed by atoms with Crippen molar-refractivity contribution in [3.05, 3.63) is 102 Å². The molecule has 0 atom stereocenters. The van der Waals surface area contributed by atoms with Crippen molar-refractivity contribution in [2.75, 3.05) is 13.7 Å². The van der Waals surface area contributed by atoms with E-state index < -0.39 is 5.97 Å². The Kier molecular flexibility index (Phi) is 9.31. The Hall–Kier alpha value is -3.79. The molecule has 3 aromatic rings. The summed E-state index contributed by atoms with van der Waals surface area (Å²) < 4.78 is 16.4. The summed E-state index contributed by atoms with van der Waals surface area (Å²) in [7, 11) is 1.56. The lowest BCUT2D eigenvalue weighted by Gasteiger charge is -2.11. The van der Waals surface area contributed by atoms with Crippen LogP contribution in [0.5, 0.6) is 17.2 Å². The van der Waals surface area contributed by atoms with Gasteiger partial charge in [-0.15, -0.1) is 0 Å². The molecular formula is C31H34O4. The highest BCUT2D eigenvalue weighted by atomic mass is 16.6. The van der Waals surface area contributed by atoms with Gasteiger partial charge in [0, 0.05) is 5.57 Å². The van der Waals surface area contributed by atoms with Crippen LogP contribution in [0.4, 0.5) is 0 Å². The molecule has 0 heterocycles. The van der Waals surface area contributed by atoms with E-state index in [4.69, 9.17) is 14.2 Å². The van der Waals surface area contributed by atoms with E-state index in [1.165, 1.54) is 11.1 Å². The third-order valence-electron chi connectivity index (χ3n) is 5.59. The Labute approximate surface area is 208 Å². The maximum Gasteiger partial charge on any atom is 0.338 e. The predicted molar refractivity (Wildman–Crippen MR) is 142 cm³/mol. The molecule has 0 aliphatic rings. The van der Waals surface area contributed by atoms with Gasteiger partial charge in [0.2, 0.25) is 0 Å². The summed E-state index contributed by atoms with van der Waals surface area (Å²) in [6, 6.07) is 22.5. The summed E-state index contributed by atoms with van der Waals surface area (Å²) in [6.07, 6.45) is 4.36. The monoisotopic (exact) mass is 470 g/mol. The first-order valence-electron chi connectivity index (χ1n) is 11.9. The summed E-state index contributed by atoms with van der Waals surface area (Å²) in [5.41, 5.74) is 6.08. The van der Waals surface area contributed by atoms with E-state index in [0.29, 0.717) is 23.7 Å². The smallest absolute Gasteiger partial charge is 0.338 e. The minimum absolute atomic E-state index is 0.341. The SMILES string of the molecule is C=C(C)COc1ccc(CCCCc2ccc(-c3ccc(OC(=O)C(=C)C)c(OC)c3)cc2)cc1. The number of carbonyl (C=O) groups excluding carboxylic acids is 1. The second kappa shape index (κ2) is 12.6. The van der Waals surface area contributed by atoms with Crippen molar-refractivity contribution < 1.29 is 19.0 Å². The number of unbranched alkanes of at least 4 members (excludes halogenated alkanes) is 1. The van der Waals surface area contributed by atoms with Crippen molar-refractivity contribution in [2.45, 2.75) is 39.5 Å². The van der Waals surface area contributed by atoms with Crippen LogP contribution in [0.1, 0.15) is 37.8 Å². The van der Waals surface area contributed by atoms with Crippen molar-refractivity contribution >= 4 is 5.97 Å². The van der Waals surface area contributed by atoms with Gasteiger partial charge in [0.25, 0.3) is 0 Å². The average Bonchev–Trinajstić information content (AvgIpc) is 2.86. The first-order valence-corrected chi connectivity index (χ1v) is 11.9. The molecule has 0 aliphatic heterocycles. The molecule has 4 nitrogen and oxygen atoms in total. The molecule has 0 saturated carbocycles. The van der Waals surface area contributed by atoms with Gasteiger partial charge >= 0.3 is 5.97 Å². The molecule has 0 unspecified atom stereocenters. The van der Waals surface area contributed by atoms with Gasteiger partial charge in [-0.25, -0.2) is 4.79 Å². The van der Waals surface area contributed by atoms with Gasteiger partial charge in [-0.05, 0) is 91.6 Å². The van der Waals surface area contributed by atoms with Crippen LogP contribution in [0.3, 0.4) is 0 Å². The molecule has 0 fully saturated rings. The maximum atomic E-state index is 11.8. The van der Waals surface area contributed by atoms with Gasteiger partial charge in [0.1, 0.15) is 12.4 Å². The largest absolute Gasteiger partial charge is 0.493 e. The topological polar surface area (TPSA) is 44.8 Å². The summed E-state index contributed by atoms with van der Waals surface area (Å²) in [4.78, 5) is 11.8. The number of hydrogen-bond acceptors (Lipinski definition) is 4. The van der Waals surface area contributed by atoms with E-state index in [1.54, 1.807) is 20.1 Å². The van der Waals surface area contributed by atoms with Gasteiger partial charge < -0.3 is 14.2 Å². The standard InChI is InChI=1S/C31H34O4/c1-22(2)21-34-28-17-12-25(13-18-28)9-7-6-8-24-10-14-26(15-11-24)27-16-19-29(30(20-27)33-5)35-31(32)23(3)4/h10-20H,1,3,6-9,21H2,2,4-5H3. The highest BCUT2D eigenvalue weighted by Crippen LogP contribution is 2.33. The fourth-order valence-corrected chi connectivity index (χ4v) is 3.60. The van der Waals surface area contributed by atoms with Crippen molar-refractivity contribution in [3.63, 3.8) is 0 Å². The van der Waals surface area contributed by atoms with Gasteiger partial charge in [0.15, 0.2) is 11.5 Å². The molecule has 0 radical (unpaired) electrons. The zero-order valence-electron chi connectivity index (χ0n) is 20.9. The minimum atomic E-state index is -0.468. The molecular weight excluding hydrogens is 436 g/mol. The zero-order valence-corrected chi connectivity index (χ0v) is 20.9. The number of ether oxygens (including phenoxy) is 3. The molecule has 0 saturated heterocycles. The maximum absolute atomic E-state index is 11.8. The molecule has 0 spiro atoms. The lowest BCUT2D eigenvalue weighted by Crippen LogP contribution is -2.09. The van der Waals surface area contributed by atoms with Gasteiger partial charge in [-0.2, -0.15) is 0 Å². The van der Waals surface area contributed by atoms with Crippen molar-refractivity contribution in [3.8, 4) is 28.4 Å². The van der Waals surface area contributed by atoms with E-state index >= 15 is 0 Å². The van der Waals surface area contributed by atoms with Gasteiger partial charge in [-0.3, -0.25) is 0 Å². The van der Waals surface area contributed by atoms with Crippen LogP contribution in [-0.4, -0.2) is 19.7 Å². The Morgan fingerprint density at radius 1 is 0.771 bits per heavy atom. The lowest BCUT2D eigenvalue weighted by atomic mass is 10.00. The average molecular weight is 471 g/mol. The van der Waals surface area contributed by atoms with E-state index in [9.17, 15) is 4.79 Å². The summed E-state index contributed by atoms with van der Waals surface area (Å²) >= 11 is 0. The highest BCUT2D eigenvalue weighted by Gasteiger charge is 2.12. The Morgan fingerprint density at radius 3 is 1.89 bits per heavy atom. The van der Waals surface area contributed by atoms with Crippen molar-refractivity contribution in [1.29, 1.82) is 0 Å². The highest BCUT2D eigenvalue weighted by molar-refractivity contribution is 5.89. The van der Waals surface area contributed by atoms with Crippen LogP contribution in [0.15, 0.2) is 91.0 Å². The molecule has 0 amide bonds. The molecule has 0 bridgehead atoms. The number of carbonyl (C=O) groups is 1. The normalized spacial score (nSPS) is 10.5. The third kappa shape index (κ3) is 7.89. The molecule has 3 rings (SSSR count). The van der Waals surface area contributed by atoms with E-state index in [1.807, 2.05) is 31.2 Å². The zero-order chi connectivity index (χ0) is 25.2. The second-order valence-corrected chi connectivity index (χ2v) is 8.83. The van der Waals surface area contributed by atoms with Crippen LogP contribution >= 0.6 is 0 Å². The number of rotatable bonds is 12. The van der Waals surface area contributed by atoms with Crippen molar-refractivity contribution in [1.82, 2.24) is 0 Å². The molecule has 4 heteroatoms. The minimum Gasteiger partial charge on any atom is -0.493 e. The Bertz CT molecular complexity index is 1160. The molecule has 35 heavy (non-hydrogen) atoms. The second-order valence-electron chi connectivity index (χ2n) is 8.83. The number of methoxy groups -OCH3 is 1. The fraction of sp³-hybridized carbons (Fsp3) is 0.258. The van der Waals surface area contributed by atoms with Crippen LogP contribution in [0, 0.1) is 0 Å². The number of esters is 1. The first-order chi connectivity index (χ1) is 16.9. The number of hydrogen-bond donors (Lipinski definition) is 0. The summed E-state index contributed by atoms with van der Waals surface area (Å²) in [5.74, 6) is 1.31. The van der Waals surface area contributed by atoms with Crippen LogP contribution in [-0.2, 0) is 17.6 Å². The third-order valence-corrected chi connectivity index (χ3v) is 5.59. The fourth-order valence-electron chi connectivity index (χ4n) is 3.60. The quantitative estimate of drug-likeness (QED) is 0.0912. The van der Waals surface area contributed by atoms with Crippen molar-refractivity contribution in [2.24, 2.45) is 0 Å². The summed E-state index contributed by atoms with van der Waals surface area (Å²) in [6.45, 7) is 11.6. The van der Waals surface area contributed by atoms with E-state index in [2.05, 4.69) is 49.6 Å². The first kappa shape index (κ1) is 25.8. The van der Waals surface area contributed by atoms with Gasteiger partial charge in [-0.1, -0.05) is 55.6 Å². The molecule has 0 N–H and O–H groups in total. The Balaban J connectivity index is 1.50. The van der Waals surface area contributed by atoms with Crippen LogP contribution in [0.2, 0.25) is 0 Å². The molecule has 182 valence electrons. The van der Waals surface area contributed by atoms with E-state index in [-0.39, 0.29) is 0 Å². The predicted octanol–water partition coefficient (Wildman–Crippen LogP) is 7.36. The van der Waals surface area contributed by atoms with Crippen LogP contribution in [0.25, 0.3) is 11.1 Å². The molecule has 0 aliphatic carbocycles. The number of benzene rings is 3.